The van der Waals surface area contributed by atoms with E-state index in [4.69, 9.17) is 4.74 Å². The van der Waals surface area contributed by atoms with Crippen molar-refractivity contribution in [3.05, 3.63) is 29.3 Å². The molecule has 0 aliphatic heterocycles. The van der Waals surface area contributed by atoms with Gasteiger partial charge in [0, 0.05) is 6.04 Å². The van der Waals surface area contributed by atoms with Gasteiger partial charge in [0.15, 0.2) is 6.61 Å². The molecule has 1 amide bonds. The zero-order valence-electron chi connectivity index (χ0n) is 16.9. The average Bonchev–Trinajstić information content (AvgIpc) is 2.72. The van der Waals surface area contributed by atoms with Gasteiger partial charge in [0.25, 0.3) is 5.91 Å². The van der Waals surface area contributed by atoms with Crippen LogP contribution in [-0.4, -0.2) is 39.5 Å². The molecule has 0 spiro atoms. The molecule has 29 heavy (non-hydrogen) atoms. The fourth-order valence-electron chi connectivity index (χ4n) is 4.09. The van der Waals surface area contributed by atoms with Crippen molar-refractivity contribution in [2.45, 2.75) is 69.2 Å². The molecule has 0 unspecified atom stereocenters. The van der Waals surface area contributed by atoms with Gasteiger partial charge in [0.1, 0.15) is 6.54 Å². The second-order valence-corrected chi connectivity index (χ2v) is 9.83. The minimum absolute atomic E-state index is 0.109. The molecule has 0 bridgehead atoms. The Morgan fingerprint density at radius 2 is 1.79 bits per heavy atom. The lowest BCUT2D eigenvalue weighted by Gasteiger charge is -2.29. The lowest BCUT2D eigenvalue weighted by molar-refractivity contribution is -0.147. The number of aryl methyl sites for hydroxylation is 2. The second-order valence-electron chi connectivity index (χ2n) is 8.06. The van der Waals surface area contributed by atoms with E-state index in [2.05, 4.69) is 17.0 Å². The van der Waals surface area contributed by atoms with Crippen LogP contribution in [0.1, 0.15) is 56.6 Å². The standard InChI is InChI=1S/C21H30N2O5S/c1-15-6-2-5-9-19(15)23-20(24)14-28-21(25)13-22-29(26,27)18-11-10-16-7-3-4-8-17(16)12-18/h10-12,15,19,22H,2-9,13-14H2,1H3,(H,23,24)/t15-,19-/m0/s1. The molecule has 160 valence electrons. The summed E-state index contributed by atoms with van der Waals surface area (Å²) >= 11 is 0. The molecule has 2 aliphatic carbocycles. The average molecular weight is 423 g/mol. The molecule has 0 radical (unpaired) electrons. The molecule has 0 aromatic heterocycles. The number of benzene rings is 1. The number of ether oxygens (including phenoxy) is 1. The Kier molecular flexibility index (Phi) is 7.29. The number of amides is 1. The summed E-state index contributed by atoms with van der Waals surface area (Å²) in [7, 11) is -3.81. The van der Waals surface area contributed by atoms with Gasteiger partial charge in [-0.05, 0) is 67.7 Å². The zero-order chi connectivity index (χ0) is 20.9. The highest BCUT2D eigenvalue weighted by molar-refractivity contribution is 7.89. The molecule has 3 rings (SSSR count). The van der Waals surface area contributed by atoms with E-state index in [1.54, 1.807) is 12.1 Å². The molecule has 8 heteroatoms. The van der Waals surface area contributed by atoms with Gasteiger partial charge < -0.3 is 10.1 Å². The molecule has 1 saturated carbocycles. The van der Waals surface area contributed by atoms with Crippen molar-refractivity contribution < 1.29 is 22.7 Å². The Balaban J connectivity index is 1.45. The van der Waals surface area contributed by atoms with Gasteiger partial charge in [-0.15, -0.1) is 0 Å². The quantitative estimate of drug-likeness (QED) is 0.655. The number of carbonyl (C=O) groups excluding carboxylic acids is 2. The number of nitrogens with one attached hydrogen (secondary N) is 2. The molecule has 1 fully saturated rings. The molecule has 2 aliphatic rings. The van der Waals surface area contributed by atoms with E-state index < -0.39 is 29.1 Å². The Morgan fingerprint density at radius 3 is 2.55 bits per heavy atom. The first kappa shape index (κ1) is 21.8. The van der Waals surface area contributed by atoms with Crippen molar-refractivity contribution in [2.75, 3.05) is 13.2 Å². The van der Waals surface area contributed by atoms with E-state index in [9.17, 15) is 18.0 Å². The maximum absolute atomic E-state index is 12.5. The van der Waals surface area contributed by atoms with Crippen LogP contribution in [0, 0.1) is 5.92 Å². The molecular weight excluding hydrogens is 392 g/mol. The summed E-state index contributed by atoms with van der Waals surface area (Å²) < 4.78 is 32.1. The van der Waals surface area contributed by atoms with Crippen LogP contribution in [0.2, 0.25) is 0 Å². The summed E-state index contributed by atoms with van der Waals surface area (Å²) in [5.41, 5.74) is 2.24. The Labute approximate surface area is 172 Å². The number of hydrogen-bond donors (Lipinski definition) is 2. The predicted molar refractivity (Wildman–Crippen MR) is 109 cm³/mol. The van der Waals surface area contributed by atoms with Crippen LogP contribution in [0.3, 0.4) is 0 Å². The smallest absolute Gasteiger partial charge is 0.321 e. The lowest BCUT2D eigenvalue weighted by atomic mass is 9.86. The number of sulfonamides is 1. The van der Waals surface area contributed by atoms with Crippen molar-refractivity contribution >= 4 is 21.9 Å². The molecule has 2 atom stereocenters. The maximum Gasteiger partial charge on any atom is 0.321 e. The summed E-state index contributed by atoms with van der Waals surface area (Å²) in [4.78, 5) is 24.0. The largest absolute Gasteiger partial charge is 0.455 e. The highest BCUT2D eigenvalue weighted by Crippen LogP contribution is 2.24. The number of carbonyl (C=O) groups is 2. The van der Waals surface area contributed by atoms with E-state index in [1.807, 2.05) is 6.07 Å². The fourth-order valence-corrected chi connectivity index (χ4v) is 5.11. The summed E-state index contributed by atoms with van der Waals surface area (Å²) in [5, 5.41) is 2.90. The summed E-state index contributed by atoms with van der Waals surface area (Å²) in [6.07, 6.45) is 8.28. The molecule has 0 saturated heterocycles. The molecule has 1 aromatic carbocycles. The van der Waals surface area contributed by atoms with E-state index in [0.29, 0.717) is 5.92 Å². The van der Waals surface area contributed by atoms with Gasteiger partial charge in [-0.3, -0.25) is 9.59 Å². The lowest BCUT2D eigenvalue weighted by Crippen LogP contribution is -2.43. The first-order chi connectivity index (χ1) is 13.8. The van der Waals surface area contributed by atoms with E-state index >= 15 is 0 Å². The van der Waals surface area contributed by atoms with E-state index in [0.717, 1.165) is 50.5 Å². The SMILES string of the molecule is C[C@H]1CCCC[C@@H]1NC(=O)COC(=O)CNS(=O)(=O)c1ccc2c(c1)CCCC2. The van der Waals surface area contributed by atoms with Gasteiger partial charge in [-0.25, -0.2) is 8.42 Å². The number of hydrogen-bond acceptors (Lipinski definition) is 5. The Morgan fingerprint density at radius 1 is 1.07 bits per heavy atom. The molecule has 0 heterocycles. The topological polar surface area (TPSA) is 102 Å². The van der Waals surface area contributed by atoms with Crippen LogP contribution in [0.5, 0.6) is 0 Å². The van der Waals surface area contributed by atoms with Gasteiger partial charge in [0.2, 0.25) is 10.0 Å². The predicted octanol–water partition coefficient (Wildman–Crippen LogP) is 2.08. The first-order valence-corrected chi connectivity index (χ1v) is 11.9. The van der Waals surface area contributed by atoms with Crippen molar-refractivity contribution in [3.63, 3.8) is 0 Å². The Hall–Kier alpha value is -1.93. The summed E-state index contributed by atoms with van der Waals surface area (Å²) in [6, 6.07) is 5.20. The van der Waals surface area contributed by atoms with Crippen LogP contribution in [-0.2, 0) is 37.2 Å². The highest BCUT2D eigenvalue weighted by atomic mass is 32.2. The summed E-state index contributed by atoms with van der Waals surface area (Å²) in [5.74, 6) is -0.722. The van der Waals surface area contributed by atoms with Gasteiger partial charge >= 0.3 is 5.97 Å². The fraction of sp³-hybridized carbons (Fsp3) is 0.619. The van der Waals surface area contributed by atoms with Gasteiger partial charge in [-0.2, -0.15) is 4.72 Å². The monoisotopic (exact) mass is 422 g/mol. The highest BCUT2D eigenvalue weighted by Gasteiger charge is 2.23. The second kappa shape index (κ2) is 9.71. The van der Waals surface area contributed by atoms with Crippen molar-refractivity contribution in [2.24, 2.45) is 5.92 Å². The minimum atomic E-state index is -3.81. The van der Waals surface area contributed by atoms with Crippen molar-refractivity contribution in [3.8, 4) is 0 Å². The maximum atomic E-state index is 12.5. The third-order valence-corrected chi connectivity index (χ3v) is 7.26. The molecule has 7 nitrogen and oxygen atoms in total. The molecular formula is C21H30N2O5S. The van der Waals surface area contributed by atoms with Crippen LogP contribution in [0.25, 0.3) is 0 Å². The third-order valence-electron chi connectivity index (χ3n) is 5.86. The van der Waals surface area contributed by atoms with Crippen LogP contribution in [0.4, 0.5) is 0 Å². The Bertz CT molecular complexity index is 853. The van der Waals surface area contributed by atoms with E-state index in [1.165, 1.54) is 12.0 Å². The zero-order valence-corrected chi connectivity index (χ0v) is 17.7. The van der Waals surface area contributed by atoms with Crippen molar-refractivity contribution in [1.29, 1.82) is 0 Å². The van der Waals surface area contributed by atoms with Crippen LogP contribution >= 0.6 is 0 Å². The van der Waals surface area contributed by atoms with E-state index in [-0.39, 0.29) is 16.8 Å². The van der Waals surface area contributed by atoms with Crippen LogP contribution < -0.4 is 10.0 Å². The molecule has 1 aromatic rings. The number of rotatable bonds is 7. The molecule has 2 N–H and O–H groups in total. The minimum Gasteiger partial charge on any atom is -0.455 e. The van der Waals surface area contributed by atoms with Gasteiger partial charge in [0.05, 0.1) is 4.90 Å². The third kappa shape index (κ3) is 6.02. The number of fused-ring (bicyclic) bond motifs is 1. The van der Waals surface area contributed by atoms with Crippen molar-refractivity contribution in [1.82, 2.24) is 10.0 Å². The normalized spacial score (nSPS) is 21.8. The first-order valence-electron chi connectivity index (χ1n) is 10.4. The van der Waals surface area contributed by atoms with Crippen LogP contribution in [0.15, 0.2) is 23.1 Å². The summed E-state index contributed by atoms with van der Waals surface area (Å²) in [6.45, 7) is 1.20. The number of esters is 1. The van der Waals surface area contributed by atoms with Gasteiger partial charge in [-0.1, -0.05) is 25.8 Å².